The quantitative estimate of drug-likeness (QED) is 0.674. The van der Waals surface area contributed by atoms with Crippen LogP contribution in [0.4, 0.5) is 0 Å². The topological polar surface area (TPSA) is 76.0 Å². The monoisotopic (exact) mass is 246 g/mol. The van der Waals surface area contributed by atoms with E-state index in [1.807, 2.05) is 0 Å². The fourth-order valence-electron chi connectivity index (χ4n) is 1.27. The van der Waals surface area contributed by atoms with Gasteiger partial charge >= 0.3 is 0 Å². The minimum absolute atomic E-state index is 0.359. The minimum Gasteiger partial charge on any atom is -0.318 e. The molecular formula is C9H18N4O2S. The molecule has 0 aromatic carbocycles. The summed E-state index contributed by atoms with van der Waals surface area (Å²) in [6, 6.07) is 1.80. The van der Waals surface area contributed by atoms with Crippen LogP contribution in [-0.2, 0) is 16.6 Å². The molecular weight excluding hydrogens is 228 g/mol. The molecule has 0 amide bonds. The lowest BCUT2D eigenvalue weighted by Crippen LogP contribution is -2.39. The van der Waals surface area contributed by atoms with Gasteiger partial charge in [0.05, 0.1) is 11.8 Å². The molecule has 1 atom stereocenters. The highest BCUT2D eigenvalue weighted by Gasteiger charge is 2.18. The summed E-state index contributed by atoms with van der Waals surface area (Å²) < 4.78 is 27.6. The SMILES string of the molecule is CNCC(C)S(=O)(=O)NCCn1cccn1. The van der Waals surface area contributed by atoms with Crippen molar-refractivity contribution in [3.8, 4) is 0 Å². The van der Waals surface area contributed by atoms with Crippen molar-refractivity contribution in [1.82, 2.24) is 19.8 Å². The van der Waals surface area contributed by atoms with E-state index in [9.17, 15) is 8.42 Å². The highest BCUT2D eigenvalue weighted by atomic mass is 32.2. The molecule has 0 aliphatic rings. The van der Waals surface area contributed by atoms with Crippen LogP contribution in [-0.4, -0.2) is 43.6 Å². The normalized spacial score (nSPS) is 13.9. The molecule has 0 aliphatic carbocycles. The van der Waals surface area contributed by atoms with Gasteiger partial charge in [-0.25, -0.2) is 13.1 Å². The van der Waals surface area contributed by atoms with E-state index in [4.69, 9.17) is 0 Å². The van der Waals surface area contributed by atoms with E-state index in [1.54, 1.807) is 37.1 Å². The molecule has 6 nitrogen and oxygen atoms in total. The summed E-state index contributed by atoms with van der Waals surface area (Å²) in [6.45, 7) is 3.01. The standard InChI is InChI=1S/C9H18N4O2S/c1-9(8-10-2)16(14,15)12-5-7-13-6-3-4-11-13/h3-4,6,9-10,12H,5,7-8H2,1-2H3. The van der Waals surface area contributed by atoms with Crippen molar-refractivity contribution < 1.29 is 8.42 Å². The predicted octanol–water partition coefficient (Wildman–Crippen LogP) is -0.590. The van der Waals surface area contributed by atoms with E-state index >= 15 is 0 Å². The summed E-state index contributed by atoms with van der Waals surface area (Å²) in [5, 5.41) is 6.39. The van der Waals surface area contributed by atoms with E-state index in [1.165, 1.54) is 0 Å². The highest BCUT2D eigenvalue weighted by Crippen LogP contribution is 1.96. The zero-order valence-electron chi connectivity index (χ0n) is 9.55. The number of sulfonamides is 1. The highest BCUT2D eigenvalue weighted by molar-refractivity contribution is 7.90. The second-order valence-corrected chi connectivity index (χ2v) is 5.76. The Morgan fingerprint density at radius 1 is 1.50 bits per heavy atom. The maximum Gasteiger partial charge on any atom is 0.215 e. The second-order valence-electron chi connectivity index (χ2n) is 3.58. The molecule has 1 rings (SSSR count). The summed E-state index contributed by atoms with van der Waals surface area (Å²) in [5.41, 5.74) is 0. The van der Waals surface area contributed by atoms with Gasteiger partial charge in [0.25, 0.3) is 0 Å². The van der Waals surface area contributed by atoms with Crippen LogP contribution in [0.25, 0.3) is 0 Å². The molecule has 0 saturated carbocycles. The summed E-state index contributed by atoms with van der Waals surface area (Å²) in [7, 11) is -1.50. The average molecular weight is 246 g/mol. The molecule has 0 radical (unpaired) electrons. The van der Waals surface area contributed by atoms with Crippen molar-refractivity contribution >= 4 is 10.0 Å². The lowest BCUT2D eigenvalue weighted by Gasteiger charge is -2.13. The maximum atomic E-state index is 11.7. The molecule has 1 aromatic heterocycles. The van der Waals surface area contributed by atoms with Crippen LogP contribution in [0.5, 0.6) is 0 Å². The molecule has 0 saturated heterocycles. The molecule has 16 heavy (non-hydrogen) atoms. The fraction of sp³-hybridized carbons (Fsp3) is 0.667. The minimum atomic E-state index is -3.23. The molecule has 0 bridgehead atoms. The Labute approximate surface area is 96.1 Å². The fourth-order valence-corrected chi connectivity index (χ4v) is 2.32. The summed E-state index contributed by atoms with van der Waals surface area (Å²) in [5.74, 6) is 0. The Kier molecular flexibility index (Phi) is 4.91. The van der Waals surface area contributed by atoms with Gasteiger partial charge in [-0.05, 0) is 20.0 Å². The molecule has 7 heteroatoms. The van der Waals surface area contributed by atoms with Crippen LogP contribution >= 0.6 is 0 Å². The van der Waals surface area contributed by atoms with Crippen LogP contribution in [0.3, 0.4) is 0 Å². The summed E-state index contributed by atoms with van der Waals surface area (Å²) in [4.78, 5) is 0. The van der Waals surface area contributed by atoms with Gasteiger partial charge in [-0.15, -0.1) is 0 Å². The molecule has 2 N–H and O–H groups in total. The Balaban J connectivity index is 2.36. The van der Waals surface area contributed by atoms with Gasteiger partial charge in [0.15, 0.2) is 0 Å². The number of rotatable bonds is 7. The molecule has 1 heterocycles. The van der Waals surface area contributed by atoms with Crippen LogP contribution in [0.2, 0.25) is 0 Å². The Morgan fingerprint density at radius 3 is 2.81 bits per heavy atom. The summed E-state index contributed by atoms with van der Waals surface area (Å²) >= 11 is 0. The first kappa shape index (κ1) is 13.1. The van der Waals surface area contributed by atoms with Gasteiger partial charge in [-0.1, -0.05) is 0 Å². The van der Waals surface area contributed by atoms with Crippen molar-refractivity contribution in [2.75, 3.05) is 20.1 Å². The van der Waals surface area contributed by atoms with E-state index in [0.717, 1.165) is 0 Å². The molecule has 0 fully saturated rings. The first-order chi connectivity index (χ1) is 7.56. The predicted molar refractivity (Wildman–Crippen MR) is 62.5 cm³/mol. The number of nitrogens with one attached hydrogen (secondary N) is 2. The van der Waals surface area contributed by atoms with Gasteiger partial charge in [0.2, 0.25) is 10.0 Å². The summed E-state index contributed by atoms with van der Waals surface area (Å²) in [6.07, 6.45) is 3.46. The zero-order chi connectivity index (χ0) is 12.0. The van der Waals surface area contributed by atoms with Gasteiger partial charge in [-0.2, -0.15) is 5.10 Å². The lowest BCUT2D eigenvalue weighted by atomic mass is 10.5. The van der Waals surface area contributed by atoms with E-state index in [-0.39, 0.29) is 0 Å². The van der Waals surface area contributed by atoms with Gasteiger partial charge in [0.1, 0.15) is 0 Å². The van der Waals surface area contributed by atoms with E-state index in [0.29, 0.717) is 19.6 Å². The largest absolute Gasteiger partial charge is 0.318 e. The van der Waals surface area contributed by atoms with Crippen LogP contribution in [0, 0.1) is 0 Å². The number of aromatic nitrogens is 2. The van der Waals surface area contributed by atoms with Crippen molar-refractivity contribution in [2.45, 2.75) is 18.7 Å². The third-order valence-electron chi connectivity index (χ3n) is 2.22. The third-order valence-corrected chi connectivity index (χ3v) is 4.06. The van der Waals surface area contributed by atoms with Crippen LogP contribution in [0.15, 0.2) is 18.5 Å². The first-order valence-corrected chi connectivity index (χ1v) is 6.71. The Morgan fingerprint density at radius 2 is 2.25 bits per heavy atom. The van der Waals surface area contributed by atoms with Crippen molar-refractivity contribution in [3.63, 3.8) is 0 Å². The average Bonchev–Trinajstić information content (AvgIpc) is 2.70. The first-order valence-electron chi connectivity index (χ1n) is 5.17. The van der Waals surface area contributed by atoms with E-state index < -0.39 is 15.3 Å². The third kappa shape index (κ3) is 3.92. The van der Waals surface area contributed by atoms with Gasteiger partial charge in [0, 0.05) is 25.5 Å². The van der Waals surface area contributed by atoms with Crippen molar-refractivity contribution in [2.24, 2.45) is 0 Å². The Bertz CT molecular complexity index is 388. The van der Waals surface area contributed by atoms with Gasteiger partial charge in [-0.3, -0.25) is 4.68 Å². The molecule has 0 spiro atoms. The van der Waals surface area contributed by atoms with Gasteiger partial charge < -0.3 is 5.32 Å². The molecule has 1 aromatic rings. The Hall–Kier alpha value is -0.920. The number of hydrogen-bond acceptors (Lipinski definition) is 4. The van der Waals surface area contributed by atoms with Crippen LogP contribution in [0.1, 0.15) is 6.92 Å². The van der Waals surface area contributed by atoms with Crippen molar-refractivity contribution in [3.05, 3.63) is 18.5 Å². The number of nitrogens with zero attached hydrogens (tertiary/aromatic N) is 2. The van der Waals surface area contributed by atoms with Crippen molar-refractivity contribution in [1.29, 1.82) is 0 Å². The second kappa shape index (κ2) is 5.97. The van der Waals surface area contributed by atoms with Crippen LogP contribution < -0.4 is 10.0 Å². The lowest BCUT2D eigenvalue weighted by molar-refractivity contribution is 0.547. The maximum absolute atomic E-state index is 11.7. The molecule has 92 valence electrons. The number of hydrogen-bond donors (Lipinski definition) is 2. The molecule has 0 aliphatic heterocycles. The molecule has 1 unspecified atom stereocenters. The van der Waals surface area contributed by atoms with E-state index in [2.05, 4.69) is 15.1 Å². The smallest absolute Gasteiger partial charge is 0.215 e. The zero-order valence-corrected chi connectivity index (χ0v) is 10.4.